The fraction of sp³-hybridized carbons (Fsp3) is 0.833. The highest BCUT2D eigenvalue weighted by Gasteiger charge is 2.25. The van der Waals surface area contributed by atoms with Crippen LogP contribution in [0.4, 0.5) is 0 Å². The fourth-order valence-corrected chi connectivity index (χ4v) is 1.85. The summed E-state index contributed by atoms with van der Waals surface area (Å²) in [6, 6.07) is -1.27. The van der Waals surface area contributed by atoms with E-state index < -0.39 is 17.9 Å². The summed E-state index contributed by atoms with van der Waals surface area (Å²) in [4.78, 5) is 25.2. The first-order valence-corrected chi connectivity index (χ1v) is 6.62. The van der Waals surface area contributed by atoms with E-state index in [1.807, 2.05) is 0 Å². The number of likely N-dealkylation sites (N-methyl/N-ethyl adjacent to an activating group) is 1. The molecule has 110 valence electrons. The predicted octanol–water partition coefficient (Wildman–Crippen LogP) is -1.29. The number of ether oxygens (including phenoxy) is 2. The Morgan fingerprint density at radius 3 is 2.89 bits per heavy atom. The molecule has 2 unspecified atom stereocenters. The highest BCUT2D eigenvalue weighted by Crippen LogP contribution is 2.03. The van der Waals surface area contributed by atoms with Crippen LogP contribution in [0.25, 0.3) is 0 Å². The van der Waals surface area contributed by atoms with Crippen molar-refractivity contribution in [1.82, 2.24) is 10.2 Å². The number of rotatable bonds is 6. The maximum atomic E-state index is 11.6. The first-order valence-electron chi connectivity index (χ1n) is 6.62. The van der Waals surface area contributed by atoms with Gasteiger partial charge in [0.2, 0.25) is 5.91 Å². The number of nitrogens with one attached hydrogen (secondary N) is 1. The number of amides is 1. The van der Waals surface area contributed by atoms with Crippen LogP contribution < -0.4 is 11.1 Å². The van der Waals surface area contributed by atoms with Gasteiger partial charge in [0, 0.05) is 19.6 Å². The van der Waals surface area contributed by atoms with E-state index in [2.05, 4.69) is 21.9 Å². The molecule has 1 saturated heterocycles. The summed E-state index contributed by atoms with van der Waals surface area (Å²) in [6.45, 7) is 7.58. The molecule has 1 rings (SSSR count). The number of nitrogens with zero attached hydrogens (tertiary/aromatic N) is 1. The van der Waals surface area contributed by atoms with Gasteiger partial charge in [-0.2, -0.15) is 0 Å². The van der Waals surface area contributed by atoms with Crippen molar-refractivity contribution in [3.63, 3.8) is 0 Å². The Labute approximate surface area is 113 Å². The molecular weight excluding hydrogens is 250 g/mol. The molecule has 1 heterocycles. The second kappa shape index (κ2) is 8.08. The monoisotopic (exact) mass is 273 g/mol. The second-order valence-corrected chi connectivity index (χ2v) is 4.36. The maximum absolute atomic E-state index is 11.6. The van der Waals surface area contributed by atoms with E-state index in [1.54, 1.807) is 6.92 Å². The van der Waals surface area contributed by atoms with Gasteiger partial charge < -0.3 is 20.5 Å². The van der Waals surface area contributed by atoms with E-state index in [9.17, 15) is 9.59 Å². The highest BCUT2D eigenvalue weighted by atomic mass is 16.5. The van der Waals surface area contributed by atoms with Gasteiger partial charge in [0.15, 0.2) is 6.04 Å². The SMILES string of the molecule is CCOC(=O)C(N)C(=O)NCC1CN(CC)CCO1. The lowest BCUT2D eigenvalue weighted by Gasteiger charge is -2.32. The first-order chi connectivity index (χ1) is 9.08. The van der Waals surface area contributed by atoms with Gasteiger partial charge in [-0.25, -0.2) is 4.79 Å². The summed E-state index contributed by atoms with van der Waals surface area (Å²) in [7, 11) is 0. The van der Waals surface area contributed by atoms with E-state index in [-0.39, 0.29) is 12.7 Å². The van der Waals surface area contributed by atoms with Crippen LogP contribution >= 0.6 is 0 Å². The summed E-state index contributed by atoms with van der Waals surface area (Å²) >= 11 is 0. The normalized spacial score (nSPS) is 21.7. The zero-order valence-corrected chi connectivity index (χ0v) is 11.6. The Hall–Kier alpha value is -1.18. The molecule has 1 fully saturated rings. The molecule has 1 aliphatic rings. The minimum absolute atomic E-state index is 0.0629. The number of hydrogen-bond donors (Lipinski definition) is 2. The van der Waals surface area contributed by atoms with Gasteiger partial charge in [0.05, 0.1) is 19.3 Å². The fourth-order valence-electron chi connectivity index (χ4n) is 1.85. The smallest absolute Gasteiger partial charge is 0.332 e. The molecule has 0 radical (unpaired) electrons. The van der Waals surface area contributed by atoms with E-state index in [0.717, 1.165) is 19.6 Å². The van der Waals surface area contributed by atoms with Crippen LogP contribution in [0.3, 0.4) is 0 Å². The zero-order chi connectivity index (χ0) is 14.3. The Bertz CT molecular complexity index is 311. The Morgan fingerprint density at radius 1 is 1.53 bits per heavy atom. The lowest BCUT2D eigenvalue weighted by molar-refractivity contribution is -0.148. The number of morpholine rings is 1. The van der Waals surface area contributed by atoms with Gasteiger partial charge in [-0.05, 0) is 13.5 Å². The van der Waals surface area contributed by atoms with Crippen LogP contribution in [0.1, 0.15) is 13.8 Å². The van der Waals surface area contributed by atoms with Crippen molar-refractivity contribution in [3.05, 3.63) is 0 Å². The third kappa shape index (κ3) is 5.14. The van der Waals surface area contributed by atoms with E-state index in [0.29, 0.717) is 13.2 Å². The molecule has 1 amide bonds. The number of esters is 1. The van der Waals surface area contributed by atoms with Crippen molar-refractivity contribution in [3.8, 4) is 0 Å². The topological polar surface area (TPSA) is 93.9 Å². The third-order valence-electron chi connectivity index (χ3n) is 3.00. The second-order valence-electron chi connectivity index (χ2n) is 4.36. The van der Waals surface area contributed by atoms with Crippen molar-refractivity contribution >= 4 is 11.9 Å². The molecule has 0 bridgehead atoms. The van der Waals surface area contributed by atoms with Crippen LogP contribution in [-0.2, 0) is 19.1 Å². The van der Waals surface area contributed by atoms with Gasteiger partial charge in [0.1, 0.15) is 0 Å². The van der Waals surface area contributed by atoms with E-state index >= 15 is 0 Å². The van der Waals surface area contributed by atoms with Crippen molar-refractivity contribution in [1.29, 1.82) is 0 Å². The van der Waals surface area contributed by atoms with E-state index in [4.69, 9.17) is 10.5 Å². The van der Waals surface area contributed by atoms with Crippen molar-refractivity contribution in [2.45, 2.75) is 26.0 Å². The van der Waals surface area contributed by atoms with Gasteiger partial charge in [-0.15, -0.1) is 0 Å². The molecule has 19 heavy (non-hydrogen) atoms. The van der Waals surface area contributed by atoms with Crippen LogP contribution in [0.5, 0.6) is 0 Å². The lowest BCUT2D eigenvalue weighted by atomic mass is 10.2. The molecule has 0 aromatic rings. The van der Waals surface area contributed by atoms with Gasteiger partial charge in [-0.1, -0.05) is 6.92 Å². The average Bonchev–Trinajstić information content (AvgIpc) is 2.44. The summed E-state index contributed by atoms with van der Waals surface area (Å²) in [5.41, 5.74) is 5.48. The number of carbonyl (C=O) groups is 2. The first kappa shape index (κ1) is 15.9. The minimum Gasteiger partial charge on any atom is -0.464 e. The Balaban J connectivity index is 2.31. The molecule has 0 spiro atoms. The number of carbonyl (C=O) groups excluding carboxylic acids is 2. The van der Waals surface area contributed by atoms with Gasteiger partial charge in [-0.3, -0.25) is 9.69 Å². The number of nitrogens with two attached hydrogens (primary N) is 1. The molecule has 7 nitrogen and oxygen atoms in total. The summed E-state index contributed by atoms with van der Waals surface area (Å²) in [5, 5.41) is 2.62. The van der Waals surface area contributed by atoms with Crippen LogP contribution in [0, 0.1) is 0 Å². The average molecular weight is 273 g/mol. The summed E-state index contributed by atoms with van der Waals surface area (Å²) < 4.78 is 10.2. The van der Waals surface area contributed by atoms with Crippen LogP contribution in [0.15, 0.2) is 0 Å². The Kier molecular flexibility index (Phi) is 6.75. The summed E-state index contributed by atoms with van der Waals surface area (Å²) in [6.07, 6.45) is -0.0629. The number of hydrogen-bond acceptors (Lipinski definition) is 6. The van der Waals surface area contributed by atoms with Crippen molar-refractivity contribution in [2.24, 2.45) is 5.73 Å². The molecular formula is C12H23N3O4. The van der Waals surface area contributed by atoms with Crippen molar-refractivity contribution < 1.29 is 19.1 Å². The minimum atomic E-state index is -1.27. The van der Waals surface area contributed by atoms with Gasteiger partial charge >= 0.3 is 5.97 Å². The zero-order valence-electron chi connectivity index (χ0n) is 11.6. The van der Waals surface area contributed by atoms with Crippen LogP contribution in [-0.4, -0.2) is 68.3 Å². The largest absolute Gasteiger partial charge is 0.464 e. The third-order valence-corrected chi connectivity index (χ3v) is 3.00. The summed E-state index contributed by atoms with van der Waals surface area (Å²) in [5.74, 6) is -1.24. The van der Waals surface area contributed by atoms with Gasteiger partial charge in [0.25, 0.3) is 0 Å². The van der Waals surface area contributed by atoms with Crippen molar-refractivity contribution in [2.75, 3.05) is 39.4 Å². The molecule has 0 aromatic heterocycles. The Morgan fingerprint density at radius 2 is 2.26 bits per heavy atom. The van der Waals surface area contributed by atoms with E-state index in [1.165, 1.54) is 0 Å². The lowest BCUT2D eigenvalue weighted by Crippen LogP contribution is -2.52. The highest BCUT2D eigenvalue weighted by molar-refractivity contribution is 6.01. The molecule has 0 saturated carbocycles. The molecule has 0 aliphatic carbocycles. The molecule has 0 aromatic carbocycles. The van der Waals surface area contributed by atoms with Crippen LogP contribution in [0.2, 0.25) is 0 Å². The predicted molar refractivity (Wildman–Crippen MR) is 69.5 cm³/mol. The molecule has 2 atom stereocenters. The maximum Gasteiger partial charge on any atom is 0.332 e. The molecule has 1 aliphatic heterocycles. The molecule has 3 N–H and O–H groups in total. The molecule has 7 heteroatoms. The standard InChI is InChI=1S/C12H23N3O4/c1-3-15-5-6-19-9(8-15)7-14-11(16)10(13)12(17)18-4-2/h9-10H,3-8,13H2,1-2H3,(H,14,16). The quantitative estimate of drug-likeness (QED) is 0.462.